The number of likely N-dealkylation sites (N-methyl/N-ethyl adjacent to an activating group) is 1. The number of carbonyl (C=O) groups is 2. The number of halogens is 1. The van der Waals surface area contributed by atoms with Crippen LogP contribution in [0.1, 0.15) is 13.8 Å². The maximum atomic E-state index is 10.9. The summed E-state index contributed by atoms with van der Waals surface area (Å²) in [6.07, 6.45) is 0. The molecule has 0 saturated heterocycles. The number of rotatable bonds is 3. The van der Waals surface area contributed by atoms with Gasteiger partial charge in [-0.2, -0.15) is 0 Å². The summed E-state index contributed by atoms with van der Waals surface area (Å²) >= 11 is 5.31. The van der Waals surface area contributed by atoms with Crippen molar-refractivity contribution in [3.63, 3.8) is 0 Å². The summed E-state index contributed by atoms with van der Waals surface area (Å²) in [7, 11) is 1.58. The van der Waals surface area contributed by atoms with Gasteiger partial charge in [0.15, 0.2) is 5.78 Å². The molecule has 0 heterocycles. The van der Waals surface area contributed by atoms with Crippen molar-refractivity contribution in [3.8, 4) is 0 Å². The zero-order valence-corrected chi connectivity index (χ0v) is 7.68. The fourth-order valence-corrected chi connectivity index (χ4v) is 0.824. The molecule has 3 nitrogen and oxygen atoms in total. The number of hydrogen-bond acceptors (Lipinski definition) is 2. The van der Waals surface area contributed by atoms with Gasteiger partial charge in [0.05, 0.1) is 11.9 Å². The monoisotopic (exact) mass is 177 g/mol. The van der Waals surface area contributed by atoms with E-state index in [0.29, 0.717) is 0 Å². The quantitative estimate of drug-likeness (QED) is 0.594. The van der Waals surface area contributed by atoms with Crippen molar-refractivity contribution < 1.29 is 9.59 Å². The van der Waals surface area contributed by atoms with Gasteiger partial charge in [-0.15, -0.1) is 11.6 Å². The molecule has 0 bridgehead atoms. The van der Waals surface area contributed by atoms with Crippen LogP contribution in [0, 0.1) is 0 Å². The highest BCUT2D eigenvalue weighted by molar-refractivity contribution is 6.28. The molecule has 0 aromatic rings. The van der Waals surface area contributed by atoms with Crippen molar-refractivity contribution in [1.29, 1.82) is 0 Å². The van der Waals surface area contributed by atoms with Crippen LogP contribution in [-0.4, -0.2) is 35.6 Å². The second-order valence-corrected chi connectivity index (χ2v) is 2.67. The molecule has 0 aliphatic carbocycles. The fraction of sp³-hybridized carbons (Fsp3) is 0.714. The molecule has 0 aromatic carbocycles. The Kier molecular flexibility index (Phi) is 4.11. The molecule has 1 amide bonds. The molecular weight excluding hydrogens is 166 g/mol. The Hall–Kier alpha value is -0.570. The van der Waals surface area contributed by atoms with Crippen molar-refractivity contribution in [2.75, 3.05) is 12.9 Å². The molecule has 1 atom stereocenters. The van der Waals surface area contributed by atoms with E-state index in [0.717, 1.165) is 0 Å². The lowest BCUT2D eigenvalue weighted by Crippen LogP contribution is -2.39. The van der Waals surface area contributed by atoms with E-state index in [-0.39, 0.29) is 17.6 Å². The van der Waals surface area contributed by atoms with Crippen LogP contribution in [0.3, 0.4) is 0 Å². The molecule has 0 aliphatic heterocycles. The van der Waals surface area contributed by atoms with Gasteiger partial charge in [-0.3, -0.25) is 9.59 Å². The minimum atomic E-state index is -0.412. The summed E-state index contributed by atoms with van der Waals surface area (Å²) in [5, 5.41) is 0. The lowest BCUT2D eigenvalue weighted by molar-refractivity contribution is -0.134. The van der Waals surface area contributed by atoms with E-state index in [1.165, 1.54) is 11.8 Å². The molecule has 0 fully saturated rings. The van der Waals surface area contributed by atoms with Crippen LogP contribution in [0.2, 0.25) is 0 Å². The van der Waals surface area contributed by atoms with Gasteiger partial charge >= 0.3 is 0 Å². The average Bonchev–Trinajstić information content (AvgIpc) is 2.00. The van der Waals surface area contributed by atoms with Crippen LogP contribution >= 0.6 is 11.6 Å². The number of nitrogens with zero attached hydrogens (tertiary/aromatic N) is 1. The largest absolute Gasteiger partial charge is 0.336 e. The van der Waals surface area contributed by atoms with Gasteiger partial charge in [-0.25, -0.2) is 0 Å². The highest BCUT2D eigenvalue weighted by Crippen LogP contribution is 1.98. The van der Waals surface area contributed by atoms with Crippen LogP contribution in [0.15, 0.2) is 0 Å². The van der Waals surface area contributed by atoms with E-state index in [9.17, 15) is 9.59 Å². The van der Waals surface area contributed by atoms with Gasteiger partial charge in [0.2, 0.25) is 5.91 Å². The number of ketones is 1. The smallest absolute Gasteiger partial charge is 0.219 e. The third kappa shape index (κ3) is 2.89. The van der Waals surface area contributed by atoms with Crippen molar-refractivity contribution >= 4 is 23.3 Å². The number of amides is 1. The predicted octanol–water partition coefficient (Wildman–Crippen LogP) is 0.661. The Morgan fingerprint density at radius 2 is 2.00 bits per heavy atom. The topological polar surface area (TPSA) is 37.4 Å². The number of carbonyl (C=O) groups excluding carboxylic acids is 2. The van der Waals surface area contributed by atoms with Crippen LogP contribution < -0.4 is 0 Å². The summed E-state index contributed by atoms with van der Waals surface area (Å²) in [6.45, 7) is 3.07. The van der Waals surface area contributed by atoms with E-state index in [4.69, 9.17) is 11.6 Å². The molecular formula is C7H12ClNO2. The second kappa shape index (κ2) is 4.34. The minimum Gasteiger partial charge on any atom is -0.336 e. The first-order valence-electron chi connectivity index (χ1n) is 3.32. The third-order valence-electron chi connectivity index (χ3n) is 1.68. The summed E-state index contributed by atoms with van der Waals surface area (Å²) in [5.41, 5.74) is 0. The van der Waals surface area contributed by atoms with Gasteiger partial charge in [-0.05, 0) is 6.92 Å². The number of alkyl halides is 1. The van der Waals surface area contributed by atoms with Crippen LogP contribution in [0.4, 0.5) is 0 Å². The summed E-state index contributed by atoms with van der Waals surface area (Å²) < 4.78 is 0. The van der Waals surface area contributed by atoms with E-state index in [1.54, 1.807) is 14.0 Å². The van der Waals surface area contributed by atoms with E-state index in [2.05, 4.69) is 0 Å². The van der Waals surface area contributed by atoms with Crippen LogP contribution in [0.5, 0.6) is 0 Å². The highest BCUT2D eigenvalue weighted by Gasteiger charge is 2.18. The number of hydrogen-bond donors (Lipinski definition) is 0. The maximum Gasteiger partial charge on any atom is 0.219 e. The zero-order chi connectivity index (χ0) is 9.02. The van der Waals surface area contributed by atoms with Gasteiger partial charge in [0.25, 0.3) is 0 Å². The summed E-state index contributed by atoms with van der Waals surface area (Å²) in [5.74, 6) is -0.306. The van der Waals surface area contributed by atoms with Crippen molar-refractivity contribution in [2.24, 2.45) is 0 Å². The van der Waals surface area contributed by atoms with E-state index >= 15 is 0 Å². The fourth-order valence-electron chi connectivity index (χ4n) is 0.600. The second-order valence-electron chi connectivity index (χ2n) is 2.41. The Labute approximate surface area is 71.3 Å². The standard InChI is InChI=1S/C7H12ClNO2/c1-5(7(11)4-8)9(3)6(2)10/h5H,4H2,1-3H3. The highest BCUT2D eigenvalue weighted by atomic mass is 35.5. The van der Waals surface area contributed by atoms with Gasteiger partial charge in [0, 0.05) is 14.0 Å². The van der Waals surface area contributed by atoms with Gasteiger partial charge in [-0.1, -0.05) is 0 Å². The van der Waals surface area contributed by atoms with E-state index < -0.39 is 6.04 Å². The molecule has 11 heavy (non-hydrogen) atoms. The number of Topliss-reactive ketones (excluding diaryl/α,β-unsaturated/α-hetero) is 1. The average molecular weight is 178 g/mol. The molecule has 0 radical (unpaired) electrons. The first-order valence-corrected chi connectivity index (χ1v) is 3.86. The predicted molar refractivity (Wildman–Crippen MR) is 43.6 cm³/mol. The van der Waals surface area contributed by atoms with Crippen LogP contribution in [-0.2, 0) is 9.59 Å². The molecule has 1 unspecified atom stereocenters. The SMILES string of the molecule is CC(=O)N(C)C(C)C(=O)CCl. The third-order valence-corrected chi connectivity index (χ3v) is 1.94. The first kappa shape index (κ1) is 10.4. The molecule has 0 rings (SSSR count). The minimum absolute atomic E-state index is 0.0429. The zero-order valence-electron chi connectivity index (χ0n) is 6.93. The Balaban J connectivity index is 4.12. The Morgan fingerprint density at radius 1 is 1.55 bits per heavy atom. The summed E-state index contributed by atoms with van der Waals surface area (Å²) in [4.78, 5) is 23.0. The molecule has 0 spiro atoms. The lowest BCUT2D eigenvalue weighted by Gasteiger charge is -2.21. The lowest BCUT2D eigenvalue weighted by atomic mass is 10.2. The van der Waals surface area contributed by atoms with Crippen molar-refractivity contribution in [3.05, 3.63) is 0 Å². The Bertz CT molecular complexity index is 170. The van der Waals surface area contributed by atoms with Crippen LogP contribution in [0.25, 0.3) is 0 Å². The molecule has 0 aromatic heterocycles. The molecule has 0 N–H and O–H groups in total. The molecule has 64 valence electrons. The first-order chi connectivity index (χ1) is 5.00. The van der Waals surface area contributed by atoms with Gasteiger partial charge < -0.3 is 4.90 Å². The van der Waals surface area contributed by atoms with Gasteiger partial charge in [0.1, 0.15) is 0 Å². The molecule has 0 aliphatic rings. The van der Waals surface area contributed by atoms with E-state index in [1.807, 2.05) is 0 Å². The molecule has 4 heteroatoms. The van der Waals surface area contributed by atoms with Crippen molar-refractivity contribution in [1.82, 2.24) is 4.90 Å². The maximum absolute atomic E-state index is 10.9. The summed E-state index contributed by atoms with van der Waals surface area (Å²) in [6, 6.07) is -0.412. The molecule has 0 saturated carbocycles. The van der Waals surface area contributed by atoms with Crippen molar-refractivity contribution in [2.45, 2.75) is 19.9 Å². The normalized spacial score (nSPS) is 12.4. The Morgan fingerprint density at radius 3 is 2.27 bits per heavy atom.